The van der Waals surface area contributed by atoms with Crippen LogP contribution < -0.4 is 5.56 Å². The molecule has 5 nitrogen and oxygen atoms in total. The highest BCUT2D eigenvalue weighted by atomic mass is 127. The number of rotatable bonds is 5. The zero-order chi connectivity index (χ0) is 23.9. The first kappa shape index (κ1) is 23.9. The Hall–Kier alpha value is -2.26. The largest absolute Gasteiger partial charge is 0.318 e. The van der Waals surface area contributed by atoms with Gasteiger partial charge in [-0.25, -0.2) is 4.98 Å². The second-order valence-corrected chi connectivity index (χ2v) is 10.5. The van der Waals surface area contributed by atoms with Crippen molar-refractivity contribution in [2.24, 2.45) is 5.10 Å². The summed E-state index contributed by atoms with van der Waals surface area (Å²) in [4.78, 5) is 18.2. The van der Waals surface area contributed by atoms with Crippen molar-refractivity contribution in [1.82, 2.24) is 14.2 Å². The van der Waals surface area contributed by atoms with Crippen LogP contribution in [0.3, 0.4) is 0 Å². The first-order chi connectivity index (χ1) is 15.7. The lowest BCUT2D eigenvalue weighted by atomic mass is 10.1. The van der Waals surface area contributed by atoms with E-state index in [9.17, 15) is 4.79 Å². The molecule has 0 bridgehead atoms. The highest BCUT2D eigenvalue weighted by Crippen LogP contribution is 2.24. The molecule has 2 aromatic carbocycles. The lowest BCUT2D eigenvalue weighted by Crippen LogP contribution is -2.23. The monoisotopic (exact) mass is 616 g/mol. The Labute approximate surface area is 215 Å². The molecule has 33 heavy (non-hydrogen) atoms. The fraction of sp³-hybridized carbons (Fsp3) is 0.269. The molecule has 4 aromatic rings. The fourth-order valence-corrected chi connectivity index (χ4v) is 4.68. The first-order valence-corrected chi connectivity index (χ1v) is 12.8. The van der Waals surface area contributed by atoms with Crippen LogP contribution in [0.4, 0.5) is 0 Å². The third-order valence-corrected chi connectivity index (χ3v) is 7.77. The molecular formula is C26H26BrIN4O. The van der Waals surface area contributed by atoms with E-state index in [-0.39, 0.29) is 11.5 Å². The summed E-state index contributed by atoms with van der Waals surface area (Å²) in [6.45, 7) is 10.5. The van der Waals surface area contributed by atoms with E-state index in [1.165, 1.54) is 13.8 Å². The average molecular weight is 617 g/mol. The van der Waals surface area contributed by atoms with Gasteiger partial charge in [0.25, 0.3) is 5.56 Å². The number of aryl methyl sites for hydroxylation is 2. The number of halogens is 2. The summed E-state index contributed by atoms with van der Waals surface area (Å²) in [6.07, 6.45) is 2.64. The number of hydrogen-bond acceptors (Lipinski definition) is 3. The molecule has 170 valence electrons. The van der Waals surface area contributed by atoms with E-state index >= 15 is 0 Å². The van der Waals surface area contributed by atoms with Crippen molar-refractivity contribution in [3.8, 4) is 5.69 Å². The summed E-state index contributed by atoms with van der Waals surface area (Å²) in [6, 6.07) is 14.1. The number of benzene rings is 2. The lowest BCUT2D eigenvalue weighted by Gasteiger charge is -2.14. The number of hydrogen-bond donors (Lipinski definition) is 0. The average Bonchev–Trinajstić information content (AvgIpc) is 3.07. The van der Waals surface area contributed by atoms with Crippen molar-refractivity contribution in [2.45, 2.75) is 47.0 Å². The lowest BCUT2D eigenvalue weighted by molar-refractivity contribution is 0.613. The summed E-state index contributed by atoms with van der Waals surface area (Å²) in [7, 11) is 0. The molecule has 0 saturated heterocycles. The zero-order valence-corrected chi connectivity index (χ0v) is 23.1. The maximum Gasteiger partial charge on any atom is 0.282 e. The SMILES string of the molecule is CC[C@@H](C)c1nc2ccc(Br)cc2c(=O)n1N=Cc1cc(C)n(-c2ccc(I)c(C)c2)c1C. The Kier molecular flexibility index (Phi) is 6.91. The highest BCUT2D eigenvalue weighted by molar-refractivity contribution is 14.1. The topological polar surface area (TPSA) is 52.2 Å². The summed E-state index contributed by atoms with van der Waals surface area (Å²) < 4.78 is 5.77. The van der Waals surface area contributed by atoms with Gasteiger partial charge < -0.3 is 4.57 Å². The smallest absolute Gasteiger partial charge is 0.282 e. The molecule has 0 spiro atoms. The maximum atomic E-state index is 13.4. The van der Waals surface area contributed by atoms with E-state index in [2.05, 4.69) is 107 Å². The van der Waals surface area contributed by atoms with E-state index < -0.39 is 0 Å². The Bertz CT molecular complexity index is 1450. The first-order valence-electron chi connectivity index (χ1n) is 10.9. The van der Waals surface area contributed by atoms with Gasteiger partial charge >= 0.3 is 0 Å². The van der Waals surface area contributed by atoms with Gasteiger partial charge in [-0.05, 0) is 97.8 Å². The van der Waals surface area contributed by atoms with Crippen molar-refractivity contribution in [3.63, 3.8) is 0 Å². The van der Waals surface area contributed by atoms with Gasteiger partial charge in [-0.2, -0.15) is 9.78 Å². The zero-order valence-electron chi connectivity index (χ0n) is 19.4. The van der Waals surface area contributed by atoms with Crippen LogP contribution in [0.1, 0.15) is 54.5 Å². The molecule has 0 unspecified atom stereocenters. The van der Waals surface area contributed by atoms with Gasteiger partial charge in [0.15, 0.2) is 0 Å². The third-order valence-electron chi connectivity index (χ3n) is 6.07. The number of fused-ring (bicyclic) bond motifs is 1. The molecule has 0 radical (unpaired) electrons. The molecule has 7 heteroatoms. The van der Waals surface area contributed by atoms with Crippen LogP contribution in [0.15, 0.2) is 56.8 Å². The molecular weight excluding hydrogens is 591 g/mol. The second kappa shape index (κ2) is 9.54. The van der Waals surface area contributed by atoms with Crippen molar-refractivity contribution in [3.05, 3.63) is 89.2 Å². The molecule has 0 fully saturated rings. The minimum absolute atomic E-state index is 0.102. The fourth-order valence-electron chi connectivity index (χ4n) is 3.98. The van der Waals surface area contributed by atoms with E-state index in [4.69, 9.17) is 4.98 Å². The van der Waals surface area contributed by atoms with Crippen LogP contribution in [0.25, 0.3) is 16.6 Å². The minimum atomic E-state index is -0.157. The predicted molar refractivity (Wildman–Crippen MR) is 148 cm³/mol. The molecule has 0 aliphatic heterocycles. The van der Waals surface area contributed by atoms with Gasteiger partial charge in [0.1, 0.15) is 5.82 Å². The standard InChI is InChI=1S/C26H26BrIN4O/c1-6-15(2)25-30-24-10-7-20(27)13-22(24)26(33)32(25)29-14-19-12-17(4)31(18(19)5)21-8-9-23(28)16(3)11-21/h7-15H,6H2,1-5H3/t15-/m1/s1. The van der Waals surface area contributed by atoms with Gasteiger partial charge in [-0.3, -0.25) is 4.79 Å². The van der Waals surface area contributed by atoms with Gasteiger partial charge in [0.05, 0.1) is 17.1 Å². The van der Waals surface area contributed by atoms with Crippen LogP contribution >= 0.6 is 38.5 Å². The Morgan fingerprint density at radius 1 is 1.15 bits per heavy atom. The Morgan fingerprint density at radius 2 is 1.91 bits per heavy atom. The van der Waals surface area contributed by atoms with E-state index in [1.54, 1.807) is 6.21 Å². The van der Waals surface area contributed by atoms with Gasteiger partial charge in [0, 0.05) is 36.6 Å². The predicted octanol–water partition coefficient (Wildman–Crippen LogP) is 6.88. The molecule has 0 aliphatic rings. The summed E-state index contributed by atoms with van der Waals surface area (Å²) in [5.41, 5.74) is 6.06. The van der Waals surface area contributed by atoms with Crippen LogP contribution in [0.5, 0.6) is 0 Å². The highest BCUT2D eigenvalue weighted by Gasteiger charge is 2.16. The molecule has 0 amide bonds. The molecule has 0 N–H and O–H groups in total. The molecule has 0 saturated carbocycles. The molecule has 1 atom stereocenters. The van der Waals surface area contributed by atoms with Crippen LogP contribution in [0.2, 0.25) is 0 Å². The molecule has 0 aliphatic carbocycles. The quantitative estimate of drug-likeness (QED) is 0.181. The van der Waals surface area contributed by atoms with Crippen molar-refractivity contribution >= 4 is 55.6 Å². The van der Waals surface area contributed by atoms with E-state index in [1.807, 2.05) is 18.2 Å². The van der Waals surface area contributed by atoms with Crippen LogP contribution in [-0.4, -0.2) is 20.4 Å². The van der Waals surface area contributed by atoms with Crippen molar-refractivity contribution in [1.29, 1.82) is 0 Å². The van der Waals surface area contributed by atoms with Crippen LogP contribution in [-0.2, 0) is 0 Å². The van der Waals surface area contributed by atoms with Crippen molar-refractivity contribution in [2.75, 3.05) is 0 Å². The maximum absolute atomic E-state index is 13.4. The van der Waals surface area contributed by atoms with Crippen LogP contribution in [0, 0.1) is 24.3 Å². The van der Waals surface area contributed by atoms with Gasteiger partial charge in [-0.15, -0.1) is 0 Å². The second-order valence-electron chi connectivity index (χ2n) is 8.40. The third kappa shape index (κ3) is 4.57. The van der Waals surface area contributed by atoms with E-state index in [0.29, 0.717) is 16.7 Å². The normalized spacial score (nSPS) is 12.7. The summed E-state index contributed by atoms with van der Waals surface area (Å²) in [5, 5.41) is 5.20. The molecule has 2 aromatic heterocycles. The van der Waals surface area contributed by atoms with E-state index in [0.717, 1.165) is 33.5 Å². The number of aromatic nitrogens is 3. The summed E-state index contributed by atoms with van der Waals surface area (Å²) >= 11 is 5.82. The number of nitrogens with zero attached hydrogens (tertiary/aromatic N) is 4. The summed E-state index contributed by atoms with van der Waals surface area (Å²) in [5.74, 6) is 0.778. The Morgan fingerprint density at radius 3 is 2.61 bits per heavy atom. The van der Waals surface area contributed by atoms with Gasteiger partial charge in [0.2, 0.25) is 0 Å². The van der Waals surface area contributed by atoms with Crippen molar-refractivity contribution < 1.29 is 0 Å². The Balaban J connectivity index is 1.84. The van der Waals surface area contributed by atoms with Gasteiger partial charge in [-0.1, -0.05) is 29.8 Å². The molecule has 2 heterocycles. The minimum Gasteiger partial charge on any atom is -0.318 e. The molecule has 4 rings (SSSR count).